The van der Waals surface area contributed by atoms with Crippen LogP contribution in [-0.4, -0.2) is 25.8 Å². The molecule has 0 bridgehead atoms. The van der Waals surface area contributed by atoms with Gasteiger partial charge in [-0.15, -0.1) is 0 Å². The Morgan fingerprint density at radius 2 is 2.25 bits per heavy atom. The van der Waals surface area contributed by atoms with Crippen LogP contribution in [0.3, 0.4) is 0 Å². The molecule has 0 amide bonds. The number of aryl methyl sites for hydroxylation is 1. The quantitative estimate of drug-likeness (QED) is 0.815. The Balaban J connectivity index is 2.07. The van der Waals surface area contributed by atoms with E-state index in [1.807, 2.05) is 19.4 Å². The summed E-state index contributed by atoms with van der Waals surface area (Å²) >= 11 is 0. The summed E-state index contributed by atoms with van der Waals surface area (Å²) in [7, 11) is 1.90. The summed E-state index contributed by atoms with van der Waals surface area (Å²) in [4.78, 5) is 7.60. The zero-order chi connectivity index (χ0) is 11.5. The van der Waals surface area contributed by atoms with Crippen molar-refractivity contribution in [2.24, 2.45) is 7.05 Å². The highest BCUT2D eigenvalue weighted by Gasteiger charge is 2.05. The van der Waals surface area contributed by atoms with Gasteiger partial charge in [0.25, 0.3) is 0 Å². The summed E-state index contributed by atoms with van der Waals surface area (Å²) in [5.74, 6) is 0.869. The molecule has 0 atom stereocenters. The van der Waals surface area contributed by atoms with Crippen LogP contribution >= 0.6 is 0 Å². The maximum atomic E-state index is 4.33. The molecule has 0 aliphatic heterocycles. The topological polar surface area (TPSA) is 58.5 Å². The molecule has 2 aromatic rings. The van der Waals surface area contributed by atoms with Crippen LogP contribution in [0.2, 0.25) is 0 Å². The van der Waals surface area contributed by atoms with Gasteiger partial charge in [-0.25, -0.2) is 4.98 Å². The van der Waals surface area contributed by atoms with Gasteiger partial charge in [0.2, 0.25) is 0 Å². The molecule has 0 aliphatic carbocycles. The lowest BCUT2D eigenvalue weighted by molar-refractivity contribution is 0.583. The summed E-state index contributed by atoms with van der Waals surface area (Å²) < 4.78 is 1.77. The average Bonchev–Trinajstić information content (AvgIpc) is 2.83. The first-order valence-corrected chi connectivity index (χ1v) is 5.41. The predicted molar refractivity (Wildman–Crippen MR) is 62.8 cm³/mol. The highest BCUT2D eigenvalue weighted by atomic mass is 15.2. The summed E-state index contributed by atoms with van der Waals surface area (Å²) in [6.07, 6.45) is 5.61. The molecule has 0 fully saturated rings. The van der Waals surface area contributed by atoms with Gasteiger partial charge in [-0.05, 0) is 0 Å². The van der Waals surface area contributed by atoms with E-state index in [1.165, 1.54) is 0 Å². The Hall–Kier alpha value is -1.62. The highest BCUT2D eigenvalue weighted by Crippen LogP contribution is 2.13. The lowest BCUT2D eigenvalue weighted by Crippen LogP contribution is -2.21. The number of aromatic nitrogens is 4. The van der Waals surface area contributed by atoms with Gasteiger partial charge in [-0.3, -0.25) is 4.68 Å². The van der Waals surface area contributed by atoms with Crippen molar-refractivity contribution in [2.45, 2.75) is 26.4 Å². The van der Waals surface area contributed by atoms with E-state index in [0.717, 1.165) is 23.6 Å². The minimum atomic E-state index is 0.477. The van der Waals surface area contributed by atoms with Gasteiger partial charge in [0.15, 0.2) is 0 Å². The third-order valence-electron chi connectivity index (χ3n) is 2.31. The first-order valence-electron chi connectivity index (χ1n) is 5.41. The van der Waals surface area contributed by atoms with Crippen LogP contribution in [0, 0.1) is 0 Å². The number of nitrogens with zero attached hydrogens (tertiary/aromatic N) is 3. The second kappa shape index (κ2) is 4.49. The van der Waals surface area contributed by atoms with Gasteiger partial charge < -0.3 is 10.3 Å². The fraction of sp³-hybridized carbons (Fsp3) is 0.455. The van der Waals surface area contributed by atoms with Crippen molar-refractivity contribution in [3.63, 3.8) is 0 Å². The van der Waals surface area contributed by atoms with Gasteiger partial charge in [0.05, 0.1) is 11.8 Å². The molecule has 0 aromatic carbocycles. The highest BCUT2D eigenvalue weighted by molar-refractivity contribution is 5.52. The molecule has 0 saturated heterocycles. The second-order valence-corrected chi connectivity index (χ2v) is 4.20. The molecular formula is C11H17N5. The zero-order valence-electron chi connectivity index (χ0n) is 9.86. The van der Waals surface area contributed by atoms with Gasteiger partial charge >= 0.3 is 0 Å². The molecule has 0 saturated carbocycles. The molecule has 2 N–H and O–H groups in total. The molecule has 2 aromatic heterocycles. The molecule has 0 aliphatic rings. The van der Waals surface area contributed by atoms with Crippen LogP contribution in [0.1, 0.15) is 19.5 Å². The van der Waals surface area contributed by atoms with E-state index < -0.39 is 0 Å². The third kappa shape index (κ3) is 2.49. The van der Waals surface area contributed by atoms with Crippen LogP contribution in [-0.2, 0) is 13.6 Å². The minimum Gasteiger partial charge on any atom is -0.341 e. The van der Waals surface area contributed by atoms with E-state index in [9.17, 15) is 0 Å². The maximum absolute atomic E-state index is 4.33. The summed E-state index contributed by atoms with van der Waals surface area (Å²) in [5.41, 5.74) is 2.10. The van der Waals surface area contributed by atoms with Crippen LogP contribution in [0.15, 0.2) is 18.6 Å². The monoisotopic (exact) mass is 219 g/mol. The van der Waals surface area contributed by atoms with E-state index >= 15 is 0 Å². The molecule has 2 heterocycles. The van der Waals surface area contributed by atoms with E-state index in [1.54, 1.807) is 10.9 Å². The summed E-state index contributed by atoms with van der Waals surface area (Å²) in [6, 6.07) is 0.477. The van der Waals surface area contributed by atoms with E-state index in [2.05, 4.69) is 34.2 Å². The van der Waals surface area contributed by atoms with E-state index in [0.29, 0.717) is 6.04 Å². The van der Waals surface area contributed by atoms with Gasteiger partial charge in [0, 0.05) is 37.7 Å². The minimum absolute atomic E-state index is 0.477. The fourth-order valence-electron chi connectivity index (χ4n) is 1.45. The summed E-state index contributed by atoms with van der Waals surface area (Å²) in [6.45, 7) is 5.06. The molecule has 0 unspecified atom stereocenters. The van der Waals surface area contributed by atoms with Gasteiger partial charge in [0.1, 0.15) is 5.82 Å². The van der Waals surface area contributed by atoms with Crippen molar-refractivity contribution in [3.05, 3.63) is 24.3 Å². The predicted octanol–water partition coefficient (Wildman–Crippen LogP) is 1.31. The molecule has 86 valence electrons. The smallest absolute Gasteiger partial charge is 0.140 e. The number of imidazole rings is 1. The van der Waals surface area contributed by atoms with E-state index in [4.69, 9.17) is 0 Å². The van der Waals surface area contributed by atoms with Crippen molar-refractivity contribution in [1.29, 1.82) is 0 Å². The van der Waals surface area contributed by atoms with Crippen LogP contribution in [0.4, 0.5) is 0 Å². The van der Waals surface area contributed by atoms with Crippen molar-refractivity contribution in [3.8, 4) is 11.4 Å². The fourth-order valence-corrected chi connectivity index (χ4v) is 1.45. The maximum Gasteiger partial charge on any atom is 0.140 e. The lowest BCUT2D eigenvalue weighted by Gasteiger charge is -2.05. The molecule has 0 radical (unpaired) electrons. The number of hydrogen-bond acceptors (Lipinski definition) is 3. The van der Waals surface area contributed by atoms with E-state index in [-0.39, 0.29) is 0 Å². The second-order valence-electron chi connectivity index (χ2n) is 4.20. The third-order valence-corrected chi connectivity index (χ3v) is 2.31. The number of hydrogen-bond donors (Lipinski definition) is 2. The Kier molecular flexibility index (Phi) is 3.05. The van der Waals surface area contributed by atoms with Gasteiger partial charge in [-0.1, -0.05) is 13.8 Å². The standard InChI is InChI=1S/C11H17N5/c1-8(2)12-5-10-6-13-11(15-10)9-4-14-16(3)7-9/h4,6-8,12H,5H2,1-3H3,(H,13,15). The Labute approximate surface area is 94.9 Å². The van der Waals surface area contributed by atoms with Crippen molar-refractivity contribution in [1.82, 2.24) is 25.1 Å². The van der Waals surface area contributed by atoms with Crippen molar-refractivity contribution in [2.75, 3.05) is 0 Å². The van der Waals surface area contributed by atoms with Crippen molar-refractivity contribution < 1.29 is 0 Å². The molecule has 0 spiro atoms. The zero-order valence-corrected chi connectivity index (χ0v) is 9.86. The Morgan fingerprint density at radius 3 is 2.88 bits per heavy atom. The number of rotatable bonds is 4. The lowest BCUT2D eigenvalue weighted by atomic mass is 10.3. The van der Waals surface area contributed by atoms with Crippen LogP contribution in [0.5, 0.6) is 0 Å². The van der Waals surface area contributed by atoms with Crippen LogP contribution in [0.25, 0.3) is 11.4 Å². The average molecular weight is 219 g/mol. The molecular weight excluding hydrogens is 202 g/mol. The number of aromatic amines is 1. The van der Waals surface area contributed by atoms with Gasteiger partial charge in [-0.2, -0.15) is 5.10 Å². The SMILES string of the molecule is CC(C)NCc1cnc(-c2cnn(C)c2)[nH]1. The molecule has 2 rings (SSSR count). The summed E-state index contributed by atoms with van der Waals surface area (Å²) in [5, 5.41) is 7.46. The first-order chi connectivity index (χ1) is 7.65. The van der Waals surface area contributed by atoms with Crippen molar-refractivity contribution >= 4 is 0 Å². The normalized spacial score (nSPS) is 11.2. The molecule has 5 nitrogen and oxygen atoms in total. The number of H-pyrrole nitrogens is 1. The Bertz CT molecular complexity index is 454. The molecule has 16 heavy (non-hydrogen) atoms. The Morgan fingerprint density at radius 1 is 1.44 bits per heavy atom. The molecule has 5 heteroatoms. The number of nitrogens with one attached hydrogen (secondary N) is 2. The van der Waals surface area contributed by atoms with Crippen LogP contribution < -0.4 is 5.32 Å². The largest absolute Gasteiger partial charge is 0.341 e. The first kappa shape index (κ1) is 10.9.